The van der Waals surface area contributed by atoms with Crippen LogP contribution in [0.3, 0.4) is 0 Å². The molecule has 10 heavy (non-hydrogen) atoms. The third kappa shape index (κ3) is 1.69. The lowest BCUT2D eigenvalue weighted by Gasteiger charge is -1.90. The zero-order chi connectivity index (χ0) is 7.40. The molecule has 1 rings (SSSR count). The maximum atomic E-state index is 8.04. The maximum absolute atomic E-state index is 8.04. The lowest BCUT2D eigenvalue weighted by molar-refractivity contribution is 1.40. The fourth-order valence-corrected chi connectivity index (χ4v) is 0.825. The van der Waals surface area contributed by atoms with Crippen molar-refractivity contribution in [2.45, 2.75) is 4.90 Å². The highest BCUT2D eigenvalue weighted by Crippen LogP contribution is 2.15. The van der Waals surface area contributed by atoms with Gasteiger partial charge >= 0.3 is 0 Å². The van der Waals surface area contributed by atoms with Crippen molar-refractivity contribution in [3.05, 3.63) is 34.7 Å². The molecule has 0 bridgehead atoms. The van der Waals surface area contributed by atoms with Crippen molar-refractivity contribution < 1.29 is 0 Å². The summed E-state index contributed by atoms with van der Waals surface area (Å²) >= 11 is 4.06. The Hall–Kier alpha value is -1.12. The van der Waals surface area contributed by atoms with Crippen LogP contribution >= 0.6 is 12.6 Å². The van der Waals surface area contributed by atoms with Crippen LogP contribution in [0.15, 0.2) is 34.3 Å². The Morgan fingerprint density at radius 2 is 2.30 bits per heavy atom. The zero-order valence-electron chi connectivity index (χ0n) is 5.10. The van der Waals surface area contributed by atoms with Crippen molar-refractivity contribution in [3.8, 4) is 0 Å². The van der Waals surface area contributed by atoms with E-state index in [1.165, 1.54) is 0 Å². The van der Waals surface area contributed by atoms with Crippen molar-refractivity contribution in [1.29, 1.82) is 0 Å². The molecule has 0 radical (unpaired) electrons. The van der Waals surface area contributed by atoms with Gasteiger partial charge in [-0.25, -0.2) is 0 Å². The van der Waals surface area contributed by atoms with E-state index in [9.17, 15) is 0 Å². The van der Waals surface area contributed by atoms with Crippen LogP contribution in [0.5, 0.6) is 0 Å². The third-order valence-electron chi connectivity index (χ3n) is 0.990. The number of thiol groups is 1. The number of nitrogens with zero attached hydrogens (tertiary/aromatic N) is 3. The average molecular weight is 151 g/mol. The van der Waals surface area contributed by atoms with Crippen molar-refractivity contribution >= 4 is 18.3 Å². The lowest BCUT2D eigenvalue weighted by Crippen LogP contribution is -1.62. The molecule has 0 aliphatic heterocycles. The fraction of sp³-hybridized carbons (Fsp3) is 0. The molecule has 0 spiro atoms. The molecule has 0 saturated heterocycles. The minimum absolute atomic E-state index is 0.593. The number of hydrogen-bond donors (Lipinski definition) is 1. The molecule has 0 N–H and O–H groups in total. The van der Waals surface area contributed by atoms with Crippen LogP contribution in [0, 0.1) is 0 Å². The molecule has 0 aliphatic rings. The monoisotopic (exact) mass is 151 g/mol. The van der Waals surface area contributed by atoms with Crippen LogP contribution in [-0.2, 0) is 0 Å². The molecule has 0 unspecified atom stereocenters. The van der Waals surface area contributed by atoms with Crippen molar-refractivity contribution in [3.63, 3.8) is 0 Å². The van der Waals surface area contributed by atoms with Gasteiger partial charge in [0.15, 0.2) is 0 Å². The van der Waals surface area contributed by atoms with Gasteiger partial charge < -0.3 is 0 Å². The first kappa shape index (κ1) is 6.99. The highest BCUT2D eigenvalue weighted by molar-refractivity contribution is 7.80. The van der Waals surface area contributed by atoms with Gasteiger partial charge in [0.25, 0.3) is 0 Å². The van der Waals surface area contributed by atoms with Gasteiger partial charge in [-0.1, -0.05) is 17.2 Å². The van der Waals surface area contributed by atoms with E-state index in [0.29, 0.717) is 5.69 Å². The van der Waals surface area contributed by atoms with E-state index >= 15 is 0 Å². The summed E-state index contributed by atoms with van der Waals surface area (Å²) in [5.74, 6) is 0. The standard InChI is InChI=1S/C6H5N3S/c7-9-8-5-2-1-3-6(10)4-5/h1-4,10H. The highest BCUT2D eigenvalue weighted by atomic mass is 32.1. The second-order valence-corrected chi connectivity index (χ2v) is 2.23. The molecule has 1 aromatic rings. The molecule has 0 amide bonds. The Balaban J connectivity index is 3.06. The van der Waals surface area contributed by atoms with Gasteiger partial charge in [-0.05, 0) is 17.7 Å². The Labute approximate surface area is 63.7 Å². The van der Waals surface area contributed by atoms with Crippen LogP contribution < -0.4 is 0 Å². The van der Waals surface area contributed by atoms with Crippen LogP contribution in [0.4, 0.5) is 5.69 Å². The fourth-order valence-electron chi connectivity index (χ4n) is 0.607. The minimum atomic E-state index is 0.593. The summed E-state index contributed by atoms with van der Waals surface area (Å²) in [5, 5.41) is 3.40. The van der Waals surface area contributed by atoms with E-state index in [1.54, 1.807) is 18.2 Å². The first-order chi connectivity index (χ1) is 4.83. The van der Waals surface area contributed by atoms with E-state index in [1.807, 2.05) is 6.07 Å². The smallest absolute Gasteiger partial charge is 0.0386 e. The number of rotatable bonds is 1. The van der Waals surface area contributed by atoms with Gasteiger partial charge in [0.05, 0.1) is 0 Å². The van der Waals surface area contributed by atoms with E-state index in [4.69, 9.17) is 5.53 Å². The highest BCUT2D eigenvalue weighted by Gasteiger charge is 1.86. The van der Waals surface area contributed by atoms with E-state index in [0.717, 1.165) is 4.90 Å². The summed E-state index contributed by atoms with van der Waals surface area (Å²) in [6, 6.07) is 7.02. The molecule has 1 aromatic carbocycles. The number of benzene rings is 1. The SMILES string of the molecule is [N-]=[N+]=Nc1cccc(S)c1. The van der Waals surface area contributed by atoms with Gasteiger partial charge in [0.1, 0.15) is 0 Å². The predicted molar refractivity (Wildman–Crippen MR) is 42.5 cm³/mol. The molecule has 4 heteroatoms. The summed E-state index contributed by atoms with van der Waals surface area (Å²) < 4.78 is 0. The summed E-state index contributed by atoms with van der Waals surface area (Å²) in [6.07, 6.45) is 0. The second-order valence-electron chi connectivity index (χ2n) is 1.71. The molecular weight excluding hydrogens is 146 g/mol. The van der Waals surface area contributed by atoms with Crippen molar-refractivity contribution in [2.24, 2.45) is 5.11 Å². The molecule has 50 valence electrons. The summed E-state index contributed by atoms with van der Waals surface area (Å²) in [4.78, 5) is 3.43. The van der Waals surface area contributed by atoms with Crippen LogP contribution in [-0.4, -0.2) is 0 Å². The average Bonchev–Trinajstić information content (AvgIpc) is 1.88. The normalized spacial score (nSPS) is 8.50. The summed E-state index contributed by atoms with van der Waals surface area (Å²) in [5.41, 5.74) is 8.64. The van der Waals surface area contributed by atoms with Crippen LogP contribution in [0.25, 0.3) is 10.4 Å². The molecule has 0 heterocycles. The van der Waals surface area contributed by atoms with Gasteiger partial charge in [-0.15, -0.1) is 12.6 Å². The Bertz CT molecular complexity index is 278. The van der Waals surface area contributed by atoms with Gasteiger partial charge in [0, 0.05) is 15.5 Å². The Morgan fingerprint density at radius 1 is 1.50 bits per heavy atom. The van der Waals surface area contributed by atoms with Gasteiger partial charge in [0.2, 0.25) is 0 Å². The quantitative estimate of drug-likeness (QED) is 0.277. The summed E-state index contributed by atoms with van der Waals surface area (Å²) in [7, 11) is 0. The zero-order valence-corrected chi connectivity index (χ0v) is 5.99. The molecule has 0 aromatic heterocycles. The molecule has 0 atom stereocenters. The summed E-state index contributed by atoms with van der Waals surface area (Å²) in [6.45, 7) is 0. The molecule has 0 fully saturated rings. The number of hydrogen-bond acceptors (Lipinski definition) is 2. The number of azide groups is 1. The maximum Gasteiger partial charge on any atom is 0.0386 e. The topological polar surface area (TPSA) is 48.8 Å². The van der Waals surface area contributed by atoms with E-state index in [-0.39, 0.29) is 0 Å². The van der Waals surface area contributed by atoms with Crippen molar-refractivity contribution in [1.82, 2.24) is 0 Å². The van der Waals surface area contributed by atoms with E-state index < -0.39 is 0 Å². The minimum Gasteiger partial charge on any atom is -0.143 e. The van der Waals surface area contributed by atoms with Crippen LogP contribution in [0.2, 0.25) is 0 Å². The van der Waals surface area contributed by atoms with Crippen molar-refractivity contribution in [2.75, 3.05) is 0 Å². The third-order valence-corrected chi connectivity index (χ3v) is 1.27. The van der Waals surface area contributed by atoms with E-state index in [2.05, 4.69) is 22.7 Å². The first-order valence-corrected chi connectivity index (χ1v) is 3.12. The predicted octanol–water partition coefficient (Wildman–Crippen LogP) is 2.92. The second kappa shape index (κ2) is 3.15. The molecular formula is C6H5N3S. The molecule has 0 aliphatic carbocycles. The largest absolute Gasteiger partial charge is 0.143 e. The van der Waals surface area contributed by atoms with Gasteiger partial charge in [-0.3, -0.25) is 0 Å². The molecule has 0 saturated carbocycles. The first-order valence-electron chi connectivity index (χ1n) is 2.67. The Kier molecular flexibility index (Phi) is 2.20. The molecule has 3 nitrogen and oxygen atoms in total. The van der Waals surface area contributed by atoms with Gasteiger partial charge in [-0.2, -0.15) is 0 Å². The lowest BCUT2D eigenvalue weighted by atomic mass is 10.3. The van der Waals surface area contributed by atoms with Crippen LogP contribution in [0.1, 0.15) is 0 Å². The Morgan fingerprint density at radius 3 is 2.90 bits per heavy atom.